The van der Waals surface area contributed by atoms with Gasteiger partial charge in [-0.1, -0.05) is 18.2 Å². The Bertz CT molecular complexity index is 342. The molecule has 2 atom stereocenters. The molecule has 0 aliphatic carbocycles. The van der Waals surface area contributed by atoms with Crippen LogP contribution < -0.4 is 0 Å². The molecule has 2 rings (SSSR count). The van der Waals surface area contributed by atoms with Gasteiger partial charge in [0.2, 0.25) is 0 Å². The van der Waals surface area contributed by atoms with Crippen LogP contribution in [0.4, 0.5) is 4.39 Å². The van der Waals surface area contributed by atoms with Crippen LogP contribution in [-0.4, -0.2) is 36.8 Å². The molecule has 0 spiro atoms. The lowest BCUT2D eigenvalue weighted by molar-refractivity contribution is 0.218. The number of likely N-dealkylation sites (tertiary alicyclic amines) is 1. The van der Waals surface area contributed by atoms with Crippen LogP contribution in [0.5, 0.6) is 0 Å². The highest BCUT2D eigenvalue weighted by Gasteiger charge is 2.32. The van der Waals surface area contributed by atoms with Gasteiger partial charge >= 0.3 is 0 Å². The van der Waals surface area contributed by atoms with Crippen molar-refractivity contribution in [2.75, 3.05) is 26.7 Å². The number of hydrogen-bond donors (Lipinski definition) is 1. The molecular formula is C12H16FNO. The zero-order valence-corrected chi connectivity index (χ0v) is 8.86. The second kappa shape index (κ2) is 4.29. The quantitative estimate of drug-likeness (QED) is 0.797. The minimum Gasteiger partial charge on any atom is -0.396 e. The fourth-order valence-electron chi connectivity index (χ4n) is 2.40. The molecule has 1 N–H and O–H groups in total. The maximum absolute atomic E-state index is 13.6. The molecule has 82 valence electrons. The molecule has 0 amide bonds. The predicted octanol–water partition coefficient (Wildman–Crippen LogP) is 1.46. The van der Waals surface area contributed by atoms with Gasteiger partial charge in [0.15, 0.2) is 0 Å². The highest BCUT2D eigenvalue weighted by molar-refractivity contribution is 5.24. The van der Waals surface area contributed by atoms with Crippen molar-refractivity contribution in [1.29, 1.82) is 0 Å². The van der Waals surface area contributed by atoms with Crippen LogP contribution in [0.15, 0.2) is 24.3 Å². The van der Waals surface area contributed by atoms with E-state index in [1.165, 1.54) is 6.07 Å². The first-order chi connectivity index (χ1) is 7.22. The van der Waals surface area contributed by atoms with Crippen molar-refractivity contribution < 1.29 is 9.50 Å². The van der Waals surface area contributed by atoms with E-state index in [2.05, 4.69) is 4.90 Å². The molecular weight excluding hydrogens is 193 g/mol. The van der Waals surface area contributed by atoms with Crippen molar-refractivity contribution >= 4 is 0 Å². The SMILES string of the molecule is CN1C[C@@H](CO)[C@H](c2ccccc2F)C1. The van der Waals surface area contributed by atoms with Crippen molar-refractivity contribution in [3.05, 3.63) is 35.6 Å². The molecule has 1 aliphatic rings. The summed E-state index contributed by atoms with van der Waals surface area (Å²) >= 11 is 0. The molecule has 0 saturated carbocycles. The van der Waals surface area contributed by atoms with E-state index in [0.717, 1.165) is 18.7 Å². The Morgan fingerprint density at radius 2 is 2.13 bits per heavy atom. The van der Waals surface area contributed by atoms with Crippen LogP contribution in [0.3, 0.4) is 0 Å². The average molecular weight is 209 g/mol. The van der Waals surface area contributed by atoms with Crippen LogP contribution in [0.25, 0.3) is 0 Å². The van der Waals surface area contributed by atoms with Crippen LogP contribution in [0, 0.1) is 11.7 Å². The standard InChI is InChI=1S/C12H16FNO/c1-14-6-9(8-15)11(7-14)10-4-2-3-5-12(10)13/h2-5,9,11,15H,6-8H2,1H3/t9-,11+/m0/s1. The van der Waals surface area contributed by atoms with Crippen molar-refractivity contribution in [3.63, 3.8) is 0 Å². The lowest BCUT2D eigenvalue weighted by Crippen LogP contribution is -2.16. The number of likely N-dealkylation sites (N-methyl/N-ethyl adjacent to an activating group) is 1. The second-order valence-electron chi connectivity index (χ2n) is 4.29. The van der Waals surface area contributed by atoms with E-state index in [4.69, 9.17) is 0 Å². The Labute approximate surface area is 89.3 Å². The molecule has 0 bridgehead atoms. The van der Waals surface area contributed by atoms with Gasteiger partial charge in [0, 0.05) is 31.5 Å². The van der Waals surface area contributed by atoms with Gasteiger partial charge in [-0.2, -0.15) is 0 Å². The zero-order valence-electron chi connectivity index (χ0n) is 8.86. The number of aliphatic hydroxyl groups excluding tert-OH is 1. The first-order valence-corrected chi connectivity index (χ1v) is 5.26. The lowest BCUT2D eigenvalue weighted by Gasteiger charge is -2.16. The molecule has 0 aromatic heterocycles. The first kappa shape index (κ1) is 10.6. The highest BCUT2D eigenvalue weighted by atomic mass is 19.1. The predicted molar refractivity (Wildman–Crippen MR) is 57.2 cm³/mol. The van der Waals surface area contributed by atoms with Crippen LogP contribution in [0.1, 0.15) is 11.5 Å². The molecule has 2 nitrogen and oxygen atoms in total. The second-order valence-corrected chi connectivity index (χ2v) is 4.29. The third kappa shape index (κ3) is 2.03. The number of hydrogen-bond acceptors (Lipinski definition) is 2. The van der Waals surface area contributed by atoms with Crippen molar-refractivity contribution in [1.82, 2.24) is 4.90 Å². The van der Waals surface area contributed by atoms with Gasteiger partial charge in [0.25, 0.3) is 0 Å². The molecule has 15 heavy (non-hydrogen) atoms. The van der Waals surface area contributed by atoms with E-state index >= 15 is 0 Å². The van der Waals surface area contributed by atoms with E-state index in [-0.39, 0.29) is 24.3 Å². The molecule has 1 aromatic carbocycles. The third-order valence-corrected chi connectivity index (χ3v) is 3.16. The number of halogens is 1. The van der Waals surface area contributed by atoms with Crippen molar-refractivity contribution in [2.24, 2.45) is 5.92 Å². The lowest BCUT2D eigenvalue weighted by atomic mass is 9.89. The minimum atomic E-state index is -0.156. The zero-order chi connectivity index (χ0) is 10.8. The Morgan fingerprint density at radius 3 is 2.80 bits per heavy atom. The summed E-state index contributed by atoms with van der Waals surface area (Å²) in [5, 5.41) is 9.26. The van der Waals surface area contributed by atoms with Gasteiger partial charge in [-0.05, 0) is 18.7 Å². The summed E-state index contributed by atoms with van der Waals surface area (Å²) in [6, 6.07) is 6.86. The van der Waals surface area contributed by atoms with Gasteiger partial charge in [0.1, 0.15) is 5.82 Å². The van der Waals surface area contributed by atoms with Gasteiger partial charge in [0.05, 0.1) is 0 Å². The summed E-state index contributed by atoms with van der Waals surface area (Å²) in [7, 11) is 2.00. The maximum Gasteiger partial charge on any atom is 0.126 e. The number of aliphatic hydroxyl groups is 1. The Balaban J connectivity index is 2.26. The monoisotopic (exact) mass is 209 g/mol. The summed E-state index contributed by atoms with van der Waals surface area (Å²) in [4.78, 5) is 2.14. The number of benzene rings is 1. The van der Waals surface area contributed by atoms with Gasteiger partial charge in [-0.3, -0.25) is 0 Å². The number of rotatable bonds is 2. The minimum absolute atomic E-state index is 0.126. The summed E-state index contributed by atoms with van der Waals surface area (Å²) in [5.41, 5.74) is 0.737. The molecule has 1 aromatic rings. The summed E-state index contributed by atoms with van der Waals surface area (Å²) in [6.45, 7) is 1.80. The van der Waals surface area contributed by atoms with Crippen LogP contribution in [0.2, 0.25) is 0 Å². The molecule has 1 heterocycles. The topological polar surface area (TPSA) is 23.5 Å². The smallest absolute Gasteiger partial charge is 0.126 e. The average Bonchev–Trinajstić information content (AvgIpc) is 2.60. The number of nitrogens with zero attached hydrogens (tertiary/aromatic N) is 1. The summed E-state index contributed by atoms with van der Waals surface area (Å²) in [6.07, 6.45) is 0. The fourth-order valence-corrected chi connectivity index (χ4v) is 2.40. The van der Waals surface area contributed by atoms with E-state index in [9.17, 15) is 9.50 Å². The van der Waals surface area contributed by atoms with Crippen molar-refractivity contribution in [2.45, 2.75) is 5.92 Å². The third-order valence-electron chi connectivity index (χ3n) is 3.16. The molecule has 1 fully saturated rings. The molecule has 0 unspecified atom stereocenters. The molecule has 1 aliphatic heterocycles. The van der Waals surface area contributed by atoms with Crippen LogP contribution in [-0.2, 0) is 0 Å². The molecule has 3 heteroatoms. The highest BCUT2D eigenvalue weighted by Crippen LogP contribution is 2.32. The Hall–Kier alpha value is -0.930. The Kier molecular flexibility index (Phi) is 3.03. The fraction of sp³-hybridized carbons (Fsp3) is 0.500. The molecule has 0 radical (unpaired) electrons. The Morgan fingerprint density at radius 1 is 1.40 bits per heavy atom. The van der Waals surface area contributed by atoms with Gasteiger partial charge < -0.3 is 10.0 Å². The molecule has 1 saturated heterocycles. The maximum atomic E-state index is 13.6. The van der Waals surface area contributed by atoms with Crippen LogP contribution >= 0.6 is 0 Å². The summed E-state index contributed by atoms with van der Waals surface area (Å²) in [5.74, 6) is 0.129. The first-order valence-electron chi connectivity index (χ1n) is 5.26. The van der Waals surface area contributed by atoms with Crippen molar-refractivity contribution in [3.8, 4) is 0 Å². The van der Waals surface area contributed by atoms with Gasteiger partial charge in [-0.25, -0.2) is 4.39 Å². The van der Waals surface area contributed by atoms with E-state index < -0.39 is 0 Å². The van der Waals surface area contributed by atoms with E-state index in [1.54, 1.807) is 6.07 Å². The van der Waals surface area contributed by atoms with Gasteiger partial charge in [-0.15, -0.1) is 0 Å². The normalized spacial score (nSPS) is 27.1. The van der Waals surface area contributed by atoms with E-state index in [1.807, 2.05) is 19.2 Å². The summed E-state index contributed by atoms with van der Waals surface area (Å²) < 4.78 is 13.6. The largest absolute Gasteiger partial charge is 0.396 e. The van der Waals surface area contributed by atoms with E-state index in [0.29, 0.717) is 0 Å².